The van der Waals surface area contributed by atoms with E-state index in [1.165, 1.54) is 0 Å². The zero-order valence-electron chi connectivity index (χ0n) is 10.9. The second kappa shape index (κ2) is 5.68. The van der Waals surface area contributed by atoms with Crippen LogP contribution in [0.2, 0.25) is 0 Å². The summed E-state index contributed by atoms with van der Waals surface area (Å²) in [7, 11) is 0. The van der Waals surface area contributed by atoms with Crippen molar-refractivity contribution in [2.24, 2.45) is 0 Å². The summed E-state index contributed by atoms with van der Waals surface area (Å²) in [6.45, 7) is 7.41. The summed E-state index contributed by atoms with van der Waals surface area (Å²) >= 11 is 0. The van der Waals surface area contributed by atoms with Crippen LogP contribution in [0, 0.1) is 6.92 Å². The van der Waals surface area contributed by atoms with Crippen molar-refractivity contribution in [1.82, 2.24) is 25.7 Å². The van der Waals surface area contributed by atoms with E-state index in [1.807, 2.05) is 26.8 Å². The molecule has 0 aliphatic rings. The van der Waals surface area contributed by atoms with Gasteiger partial charge in [-0.25, -0.2) is 0 Å². The fraction of sp³-hybridized carbons (Fsp3) is 0.500. The second-order valence-electron chi connectivity index (χ2n) is 3.98. The van der Waals surface area contributed by atoms with E-state index in [9.17, 15) is 0 Å². The molecule has 2 aromatic heterocycles. The summed E-state index contributed by atoms with van der Waals surface area (Å²) in [5.41, 5.74) is 2.59. The monoisotopic (exact) mass is 247 g/mol. The lowest BCUT2D eigenvalue weighted by molar-refractivity contribution is 0.481. The first-order chi connectivity index (χ1) is 8.74. The van der Waals surface area contributed by atoms with Gasteiger partial charge in [0.05, 0.1) is 23.5 Å². The lowest BCUT2D eigenvalue weighted by atomic mass is 10.1. The molecule has 2 aromatic rings. The third-order valence-electron chi connectivity index (χ3n) is 2.55. The highest BCUT2D eigenvalue weighted by molar-refractivity contribution is 5.56. The molecule has 0 amide bonds. The maximum Gasteiger partial charge on any atom is 0.249 e. The van der Waals surface area contributed by atoms with Crippen molar-refractivity contribution in [2.75, 3.05) is 6.54 Å². The summed E-state index contributed by atoms with van der Waals surface area (Å²) in [6, 6.07) is 1.93. The summed E-state index contributed by atoms with van der Waals surface area (Å²) in [5.74, 6) is 1.10. The minimum atomic E-state index is 0.512. The summed E-state index contributed by atoms with van der Waals surface area (Å²) in [6.07, 6.45) is 0.785. The molecule has 0 aliphatic heterocycles. The standard InChI is InChI=1S/C12H17N5O/c1-4-10-9(6-8(3)14-15-10)12-17-16-11(18-12)7-13-5-2/h6,13H,4-5,7H2,1-3H3. The van der Waals surface area contributed by atoms with E-state index in [0.29, 0.717) is 18.3 Å². The van der Waals surface area contributed by atoms with Gasteiger partial charge in [0.25, 0.3) is 0 Å². The molecular formula is C12H17N5O. The molecule has 18 heavy (non-hydrogen) atoms. The maximum atomic E-state index is 5.62. The molecule has 0 aromatic carbocycles. The van der Waals surface area contributed by atoms with E-state index >= 15 is 0 Å². The van der Waals surface area contributed by atoms with E-state index in [2.05, 4.69) is 25.7 Å². The van der Waals surface area contributed by atoms with Crippen molar-refractivity contribution >= 4 is 0 Å². The lowest BCUT2D eigenvalue weighted by Gasteiger charge is -2.02. The molecule has 0 fully saturated rings. The van der Waals surface area contributed by atoms with Gasteiger partial charge in [0.15, 0.2) is 0 Å². The van der Waals surface area contributed by atoms with Gasteiger partial charge in [-0.15, -0.1) is 10.2 Å². The van der Waals surface area contributed by atoms with Crippen LogP contribution in [0.1, 0.15) is 31.1 Å². The van der Waals surface area contributed by atoms with Crippen LogP contribution in [-0.4, -0.2) is 26.9 Å². The topological polar surface area (TPSA) is 76.7 Å². The van der Waals surface area contributed by atoms with Crippen molar-refractivity contribution < 1.29 is 4.42 Å². The highest BCUT2D eigenvalue weighted by Gasteiger charge is 2.13. The van der Waals surface area contributed by atoms with E-state index in [4.69, 9.17) is 4.42 Å². The fourth-order valence-corrected chi connectivity index (χ4v) is 1.63. The van der Waals surface area contributed by atoms with E-state index in [-0.39, 0.29) is 0 Å². The Morgan fingerprint density at radius 2 is 2.00 bits per heavy atom. The van der Waals surface area contributed by atoms with Gasteiger partial charge in [-0.3, -0.25) is 0 Å². The molecule has 0 saturated carbocycles. The molecule has 2 heterocycles. The third-order valence-corrected chi connectivity index (χ3v) is 2.55. The van der Waals surface area contributed by atoms with Gasteiger partial charge in [-0.1, -0.05) is 13.8 Å². The summed E-state index contributed by atoms with van der Waals surface area (Å²) in [4.78, 5) is 0. The van der Waals surface area contributed by atoms with Crippen LogP contribution in [0.25, 0.3) is 11.5 Å². The Morgan fingerprint density at radius 3 is 2.72 bits per heavy atom. The van der Waals surface area contributed by atoms with Gasteiger partial charge in [0.2, 0.25) is 11.8 Å². The zero-order valence-corrected chi connectivity index (χ0v) is 10.9. The molecule has 0 atom stereocenters. The summed E-state index contributed by atoms with van der Waals surface area (Å²) < 4.78 is 5.62. The van der Waals surface area contributed by atoms with Crippen molar-refractivity contribution in [2.45, 2.75) is 33.7 Å². The Morgan fingerprint density at radius 1 is 1.17 bits per heavy atom. The van der Waals surface area contributed by atoms with Crippen molar-refractivity contribution in [1.29, 1.82) is 0 Å². The first-order valence-electron chi connectivity index (χ1n) is 6.11. The van der Waals surface area contributed by atoms with Crippen molar-refractivity contribution in [3.05, 3.63) is 23.3 Å². The molecule has 0 bridgehead atoms. The van der Waals surface area contributed by atoms with Crippen LogP contribution < -0.4 is 5.32 Å². The number of aromatic nitrogens is 4. The molecule has 0 aliphatic carbocycles. The number of hydrogen-bond donors (Lipinski definition) is 1. The van der Waals surface area contributed by atoms with Gasteiger partial charge in [0.1, 0.15) is 0 Å². The number of hydrogen-bond acceptors (Lipinski definition) is 6. The predicted molar refractivity (Wildman–Crippen MR) is 66.8 cm³/mol. The maximum absolute atomic E-state index is 5.62. The molecule has 0 spiro atoms. The second-order valence-corrected chi connectivity index (χ2v) is 3.98. The molecule has 0 saturated heterocycles. The lowest BCUT2D eigenvalue weighted by Crippen LogP contribution is -2.11. The minimum Gasteiger partial charge on any atom is -0.419 e. The molecule has 6 heteroatoms. The number of nitrogens with one attached hydrogen (secondary N) is 1. The number of aryl methyl sites for hydroxylation is 2. The largest absolute Gasteiger partial charge is 0.419 e. The molecular weight excluding hydrogens is 230 g/mol. The Hall–Kier alpha value is -1.82. The van der Waals surface area contributed by atoms with E-state index in [0.717, 1.165) is 29.9 Å². The summed E-state index contributed by atoms with van der Waals surface area (Å²) in [5, 5.41) is 19.4. The quantitative estimate of drug-likeness (QED) is 0.863. The van der Waals surface area contributed by atoms with Crippen LogP contribution in [0.15, 0.2) is 10.5 Å². The van der Waals surface area contributed by atoms with Gasteiger partial charge in [-0.05, 0) is 26.0 Å². The number of rotatable bonds is 5. The van der Waals surface area contributed by atoms with Crippen LogP contribution >= 0.6 is 0 Å². The molecule has 6 nitrogen and oxygen atoms in total. The van der Waals surface area contributed by atoms with E-state index < -0.39 is 0 Å². The Kier molecular flexibility index (Phi) is 3.99. The Labute approximate surface area is 106 Å². The first kappa shape index (κ1) is 12.6. The Bertz CT molecular complexity index is 523. The smallest absolute Gasteiger partial charge is 0.249 e. The van der Waals surface area contributed by atoms with Crippen molar-refractivity contribution in [3.63, 3.8) is 0 Å². The van der Waals surface area contributed by atoms with Gasteiger partial charge in [-0.2, -0.15) is 10.2 Å². The van der Waals surface area contributed by atoms with Gasteiger partial charge >= 0.3 is 0 Å². The molecule has 0 unspecified atom stereocenters. The van der Waals surface area contributed by atoms with Crippen LogP contribution in [-0.2, 0) is 13.0 Å². The normalized spacial score (nSPS) is 10.8. The minimum absolute atomic E-state index is 0.512. The SMILES string of the molecule is CCNCc1nnc(-c2cc(C)nnc2CC)o1. The van der Waals surface area contributed by atoms with Crippen LogP contribution in [0.3, 0.4) is 0 Å². The van der Waals surface area contributed by atoms with Crippen LogP contribution in [0.4, 0.5) is 0 Å². The van der Waals surface area contributed by atoms with Gasteiger partial charge in [0, 0.05) is 0 Å². The first-order valence-corrected chi connectivity index (χ1v) is 6.11. The number of nitrogens with zero attached hydrogens (tertiary/aromatic N) is 4. The average molecular weight is 247 g/mol. The van der Waals surface area contributed by atoms with E-state index in [1.54, 1.807) is 0 Å². The highest BCUT2D eigenvalue weighted by Crippen LogP contribution is 2.21. The van der Waals surface area contributed by atoms with Crippen LogP contribution in [0.5, 0.6) is 0 Å². The van der Waals surface area contributed by atoms with Gasteiger partial charge < -0.3 is 9.73 Å². The fourth-order valence-electron chi connectivity index (χ4n) is 1.63. The molecule has 96 valence electrons. The molecule has 0 radical (unpaired) electrons. The average Bonchev–Trinajstić information content (AvgIpc) is 2.85. The third kappa shape index (κ3) is 2.70. The van der Waals surface area contributed by atoms with Crippen molar-refractivity contribution in [3.8, 4) is 11.5 Å². The Balaban J connectivity index is 2.30. The molecule has 1 N–H and O–H groups in total. The zero-order chi connectivity index (χ0) is 13.0. The predicted octanol–water partition coefficient (Wildman–Crippen LogP) is 1.51. The molecule has 2 rings (SSSR count). The highest BCUT2D eigenvalue weighted by atomic mass is 16.4.